The van der Waals surface area contributed by atoms with Crippen molar-refractivity contribution >= 4 is 0 Å². The third-order valence-electron chi connectivity index (χ3n) is 1.97. The Morgan fingerprint density at radius 1 is 1.00 bits per heavy atom. The van der Waals surface area contributed by atoms with Crippen LogP contribution in [0.2, 0.25) is 0 Å². The molecule has 1 unspecified atom stereocenters. The second-order valence-corrected chi connectivity index (χ2v) is 3.23. The molecular weight excluding hydrogens is 213 g/mol. The molecule has 0 amide bonds. The molecular formula is C9H17F3O3. The van der Waals surface area contributed by atoms with Crippen LogP contribution in [0.15, 0.2) is 0 Å². The summed E-state index contributed by atoms with van der Waals surface area (Å²) in [6, 6.07) is 0. The molecule has 6 heteroatoms. The predicted octanol–water partition coefficient (Wildman–Crippen LogP) is 3.40. The summed E-state index contributed by atoms with van der Waals surface area (Å²) in [6.07, 6.45) is 2.17. The van der Waals surface area contributed by atoms with E-state index in [0.29, 0.717) is 19.3 Å². The maximum atomic E-state index is 12.9. The fraction of sp³-hybridized carbons (Fsp3) is 1.00. The average Bonchev–Trinajstić information content (AvgIpc) is 2.25. The van der Waals surface area contributed by atoms with Crippen molar-refractivity contribution in [2.75, 3.05) is 13.3 Å². The van der Waals surface area contributed by atoms with Gasteiger partial charge in [0.25, 0.3) is 0 Å². The van der Waals surface area contributed by atoms with Gasteiger partial charge in [0, 0.05) is 5.09 Å². The molecule has 0 saturated carbocycles. The van der Waals surface area contributed by atoms with Gasteiger partial charge in [0.2, 0.25) is 0 Å². The molecule has 15 heavy (non-hydrogen) atoms. The summed E-state index contributed by atoms with van der Waals surface area (Å²) >= 11 is 0. The molecule has 0 spiro atoms. The van der Waals surface area contributed by atoms with E-state index in [1.165, 1.54) is 0 Å². The number of halogens is 3. The summed E-state index contributed by atoms with van der Waals surface area (Å²) in [5, 5.41) is 6.25. The van der Waals surface area contributed by atoms with E-state index in [1.807, 2.05) is 0 Å². The lowest BCUT2D eigenvalue weighted by atomic mass is 10.1. The minimum absolute atomic E-state index is 0.200. The van der Waals surface area contributed by atoms with Gasteiger partial charge in [-0.15, -0.1) is 0 Å². The van der Waals surface area contributed by atoms with Crippen molar-refractivity contribution in [1.82, 2.24) is 0 Å². The summed E-state index contributed by atoms with van der Waals surface area (Å²) < 4.78 is 35.5. The van der Waals surface area contributed by atoms with E-state index in [4.69, 9.17) is 0 Å². The van der Waals surface area contributed by atoms with Gasteiger partial charge in [-0.1, -0.05) is 12.8 Å². The standard InChI is InChI=1S/C9H17F3O3/c10-7-4-6-9(11)5-2-1-3-8-13-15-14-12/h9H,1-8H2. The first-order valence-electron chi connectivity index (χ1n) is 5.08. The van der Waals surface area contributed by atoms with Crippen molar-refractivity contribution in [3.8, 4) is 0 Å². The van der Waals surface area contributed by atoms with Crippen molar-refractivity contribution in [1.29, 1.82) is 0 Å². The van der Waals surface area contributed by atoms with Crippen LogP contribution >= 0.6 is 0 Å². The lowest BCUT2D eigenvalue weighted by molar-refractivity contribution is -0.587. The Kier molecular flexibility index (Phi) is 11.5. The maximum Gasteiger partial charge on any atom is 0.100 e. The van der Waals surface area contributed by atoms with Gasteiger partial charge >= 0.3 is 0 Å². The highest BCUT2D eigenvalue weighted by Gasteiger charge is 2.05. The molecule has 0 N–H and O–H groups in total. The Labute approximate surface area is 87.3 Å². The SMILES string of the molecule is FCCCC(F)CCCCCOOOF. The highest BCUT2D eigenvalue weighted by molar-refractivity contribution is 4.56. The molecule has 0 aliphatic carbocycles. The first kappa shape index (κ1) is 14.7. The zero-order valence-corrected chi connectivity index (χ0v) is 8.59. The summed E-state index contributed by atoms with van der Waals surface area (Å²) in [6.45, 7) is -0.264. The molecule has 0 saturated heterocycles. The maximum absolute atomic E-state index is 12.9. The van der Waals surface area contributed by atoms with Gasteiger partial charge < -0.3 is 0 Å². The van der Waals surface area contributed by atoms with Gasteiger partial charge in [-0.05, 0) is 35.2 Å². The van der Waals surface area contributed by atoms with Gasteiger partial charge in [-0.25, -0.2) is 9.28 Å². The molecule has 0 heterocycles. The van der Waals surface area contributed by atoms with Crippen molar-refractivity contribution in [2.24, 2.45) is 0 Å². The van der Waals surface area contributed by atoms with Crippen LogP contribution in [0.1, 0.15) is 38.5 Å². The van der Waals surface area contributed by atoms with Gasteiger partial charge in [0.1, 0.15) is 6.17 Å². The quantitative estimate of drug-likeness (QED) is 0.309. The fourth-order valence-corrected chi connectivity index (χ4v) is 1.20. The monoisotopic (exact) mass is 230 g/mol. The van der Waals surface area contributed by atoms with Crippen LogP contribution in [0.4, 0.5) is 13.3 Å². The Morgan fingerprint density at radius 2 is 1.73 bits per heavy atom. The van der Waals surface area contributed by atoms with Crippen LogP contribution in [0.5, 0.6) is 0 Å². The Morgan fingerprint density at radius 3 is 2.40 bits per heavy atom. The molecule has 0 aliphatic heterocycles. The lowest BCUT2D eigenvalue weighted by Crippen LogP contribution is -2.01. The number of alkyl halides is 2. The molecule has 0 aromatic rings. The van der Waals surface area contributed by atoms with E-state index in [0.717, 1.165) is 6.42 Å². The average molecular weight is 230 g/mol. The van der Waals surface area contributed by atoms with Gasteiger partial charge in [-0.2, -0.15) is 0 Å². The van der Waals surface area contributed by atoms with E-state index >= 15 is 0 Å². The molecule has 3 nitrogen and oxygen atoms in total. The summed E-state index contributed by atoms with van der Waals surface area (Å²) in [5.74, 6) is 0. The zero-order valence-electron chi connectivity index (χ0n) is 8.59. The Balaban J connectivity index is 3.02. The van der Waals surface area contributed by atoms with Crippen LogP contribution < -0.4 is 0 Å². The summed E-state index contributed by atoms with van der Waals surface area (Å²) in [5.41, 5.74) is 0. The molecule has 0 bridgehead atoms. The van der Waals surface area contributed by atoms with Crippen LogP contribution in [-0.4, -0.2) is 19.5 Å². The van der Waals surface area contributed by atoms with Gasteiger partial charge in [-0.3, -0.25) is 4.39 Å². The van der Waals surface area contributed by atoms with Crippen LogP contribution in [0, 0.1) is 0 Å². The highest BCUT2D eigenvalue weighted by Crippen LogP contribution is 2.12. The topological polar surface area (TPSA) is 27.7 Å². The van der Waals surface area contributed by atoms with Crippen molar-refractivity contribution in [3.05, 3.63) is 0 Å². The predicted molar refractivity (Wildman–Crippen MR) is 47.8 cm³/mol. The molecule has 0 aliphatic rings. The second-order valence-electron chi connectivity index (χ2n) is 3.23. The third-order valence-corrected chi connectivity index (χ3v) is 1.97. The minimum atomic E-state index is -0.924. The third kappa shape index (κ3) is 11.6. The second kappa shape index (κ2) is 11.7. The van der Waals surface area contributed by atoms with E-state index < -0.39 is 12.8 Å². The summed E-state index contributed by atoms with van der Waals surface area (Å²) in [4.78, 5) is 4.21. The number of rotatable bonds is 11. The number of hydrogen-bond acceptors (Lipinski definition) is 3. The molecule has 92 valence electrons. The normalized spacial score (nSPS) is 13.0. The Bertz CT molecular complexity index is 127. The summed E-state index contributed by atoms with van der Waals surface area (Å²) in [7, 11) is 0. The molecule has 1 atom stereocenters. The van der Waals surface area contributed by atoms with Crippen molar-refractivity contribution < 1.29 is 28.3 Å². The Hall–Kier alpha value is -0.330. The molecule has 0 fully saturated rings. The first-order chi connectivity index (χ1) is 7.31. The van der Waals surface area contributed by atoms with Crippen LogP contribution in [0.3, 0.4) is 0 Å². The van der Waals surface area contributed by atoms with Crippen LogP contribution in [0.25, 0.3) is 0 Å². The van der Waals surface area contributed by atoms with Crippen molar-refractivity contribution in [2.45, 2.75) is 44.7 Å². The largest absolute Gasteiger partial charge is 0.251 e. The minimum Gasteiger partial charge on any atom is -0.251 e. The van der Waals surface area contributed by atoms with Gasteiger partial charge in [0.15, 0.2) is 0 Å². The number of hydrogen-bond donors (Lipinski definition) is 0. The number of unbranched alkanes of at least 4 members (excludes halogenated alkanes) is 2. The van der Waals surface area contributed by atoms with E-state index in [9.17, 15) is 13.3 Å². The molecule has 0 aromatic heterocycles. The molecule has 0 aromatic carbocycles. The lowest BCUT2D eigenvalue weighted by Gasteiger charge is -2.05. The van der Waals surface area contributed by atoms with E-state index in [1.54, 1.807) is 0 Å². The van der Waals surface area contributed by atoms with Crippen LogP contribution in [-0.2, 0) is 15.0 Å². The molecule has 0 rings (SSSR count). The first-order valence-corrected chi connectivity index (χ1v) is 5.08. The van der Waals surface area contributed by atoms with Crippen molar-refractivity contribution in [3.63, 3.8) is 0 Å². The molecule has 0 radical (unpaired) electrons. The van der Waals surface area contributed by atoms with E-state index in [-0.39, 0.29) is 19.4 Å². The zero-order chi connectivity index (χ0) is 11.4. The smallest absolute Gasteiger partial charge is 0.100 e. The highest BCUT2D eigenvalue weighted by atomic mass is 19.3. The van der Waals surface area contributed by atoms with Gasteiger partial charge in [0.05, 0.1) is 13.3 Å². The fourth-order valence-electron chi connectivity index (χ4n) is 1.20. The van der Waals surface area contributed by atoms with E-state index in [2.05, 4.69) is 15.0 Å².